The first kappa shape index (κ1) is 25.2. The first-order chi connectivity index (χ1) is 15.2. The standard InChI is InChI=1S/C26H42N2O3/c1-3-4-5-6-8-14-19-23-24(20-15-9-7-10-16-21-25(29)31-2)28(23)26(30)27-22-17-12-11-13-18-22/h11-13,17-18,23-24H,3-10,14-16,19-21H2,1-2H3,(H,27,30)/t23-,24+,28?/m1/s1. The molecular weight excluding hydrogens is 388 g/mol. The maximum atomic E-state index is 12.8. The average Bonchev–Trinajstić information content (AvgIpc) is 3.48. The van der Waals surface area contributed by atoms with Gasteiger partial charge in [0.15, 0.2) is 0 Å². The van der Waals surface area contributed by atoms with Gasteiger partial charge in [0.1, 0.15) is 0 Å². The molecule has 1 heterocycles. The van der Waals surface area contributed by atoms with Gasteiger partial charge in [0.2, 0.25) is 0 Å². The van der Waals surface area contributed by atoms with E-state index in [-0.39, 0.29) is 12.0 Å². The minimum Gasteiger partial charge on any atom is -0.469 e. The van der Waals surface area contributed by atoms with E-state index in [2.05, 4.69) is 21.9 Å². The van der Waals surface area contributed by atoms with E-state index in [1.165, 1.54) is 45.6 Å². The van der Waals surface area contributed by atoms with Crippen molar-refractivity contribution < 1.29 is 14.3 Å². The van der Waals surface area contributed by atoms with Crippen LogP contribution in [0.3, 0.4) is 0 Å². The molecule has 5 nitrogen and oxygen atoms in total. The van der Waals surface area contributed by atoms with Crippen molar-refractivity contribution in [3.8, 4) is 0 Å². The van der Waals surface area contributed by atoms with Gasteiger partial charge in [-0.1, -0.05) is 89.3 Å². The lowest BCUT2D eigenvalue weighted by Gasteiger charge is -2.08. The largest absolute Gasteiger partial charge is 0.469 e. The van der Waals surface area contributed by atoms with E-state index in [4.69, 9.17) is 0 Å². The molecule has 2 atom stereocenters. The summed E-state index contributed by atoms with van der Waals surface area (Å²) in [4.78, 5) is 26.0. The lowest BCUT2D eigenvalue weighted by molar-refractivity contribution is -0.140. The number of ether oxygens (including phenoxy) is 1. The van der Waals surface area contributed by atoms with Crippen LogP contribution in [0.25, 0.3) is 0 Å². The number of rotatable bonds is 16. The molecule has 0 aliphatic carbocycles. The van der Waals surface area contributed by atoms with Gasteiger partial charge in [0.05, 0.1) is 19.2 Å². The molecular formula is C26H42N2O3. The molecule has 1 saturated heterocycles. The van der Waals surface area contributed by atoms with Crippen molar-refractivity contribution in [2.24, 2.45) is 0 Å². The van der Waals surface area contributed by atoms with Crippen molar-refractivity contribution in [1.82, 2.24) is 4.90 Å². The number of urea groups is 1. The first-order valence-electron chi connectivity index (χ1n) is 12.4. The van der Waals surface area contributed by atoms with Gasteiger partial charge in [-0.15, -0.1) is 0 Å². The number of unbranched alkanes of at least 4 members (excludes halogenated alkanes) is 9. The molecule has 0 aromatic heterocycles. The number of carbonyl (C=O) groups is 2. The Morgan fingerprint density at radius 3 is 1.97 bits per heavy atom. The monoisotopic (exact) mass is 430 g/mol. The van der Waals surface area contributed by atoms with Crippen LogP contribution in [0.2, 0.25) is 0 Å². The molecule has 174 valence electrons. The smallest absolute Gasteiger partial charge is 0.322 e. The summed E-state index contributed by atoms with van der Waals surface area (Å²) in [6.45, 7) is 2.25. The quantitative estimate of drug-likeness (QED) is 0.176. The van der Waals surface area contributed by atoms with Crippen LogP contribution in [0.1, 0.15) is 96.8 Å². The van der Waals surface area contributed by atoms with Gasteiger partial charge >= 0.3 is 12.0 Å². The van der Waals surface area contributed by atoms with Gasteiger partial charge in [-0.05, 0) is 31.4 Å². The van der Waals surface area contributed by atoms with Gasteiger partial charge in [-0.2, -0.15) is 0 Å². The van der Waals surface area contributed by atoms with Crippen LogP contribution in [0, 0.1) is 0 Å². The highest BCUT2D eigenvalue weighted by molar-refractivity contribution is 5.91. The number of hydrogen-bond donors (Lipinski definition) is 1. The Labute approximate surface area is 188 Å². The molecule has 1 aromatic rings. The summed E-state index contributed by atoms with van der Waals surface area (Å²) >= 11 is 0. The summed E-state index contributed by atoms with van der Waals surface area (Å²) in [5.41, 5.74) is 0.863. The van der Waals surface area contributed by atoms with E-state index in [1.807, 2.05) is 30.3 Å². The van der Waals surface area contributed by atoms with E-state index in [0.29, 0.717) is 18.5 Å². The molecule has 5 heteroatoms. The summed E-state index contributed by atoms with van der Waals surface area (Å²) in [5, 5.41) is 3.06. The van der Waals surface area contributed by atoms with E-state index >= 15 is 0 Å². The van der Waals surface area contributed by atoms with Gasteiger partial charge < -0.3 is 15.0 Å². The summed E-state index contributed by atoms with van der Waals surface area (Å²) in [5.74, 6) is -0.115. The molecule has 1 aliphatic rings. The Hall–Kier alpha value is -2.04. The third kappa shape index (κ3) is 9.75. The average molecular weight is 431 g/mol. The third-order valence-electron chi connectivity index (χ3n) is 6.29. The van der Waals surface area contributed by atoms with Crippen LogP contribution in [0.5, 0.6) is 0 Å². The molecule has 31 heavy (non-hydrogen) atoms. The van der Waals surface area contributed by atoms with E-state index in [1.54, 1.807) is 0 Å². The maximum absolute atomic E-state index is 12.8. The predicted octanol–water partition coefficient (Wildman–Crippen LogP) is 6.93. The van der Waals surface area contributed by atoms with Gasteiger partial charge in [0, 0.05) is 12.1 Å². The van der Waals surface area contributed by atoms with Crippen LogP contribution >= 0.6 is 0 Å². The van der Waals surface area contributed by atoms with Crippen molar-refractivity contribution in [2.45, 2.75) is 109 Å². The molecule has 1 N–H and O–H groups in total. The molecule has 0 radical (unpaired) electrons. The molecule has 2 amide bonds. The van der Waals surface area contributed by atoms with Crippen molar-refractivity contribution in [3.05, 3.63) is 30.3 Å². The number of nitrogens with one attached hydrogen (secondary N) is 1. The van der Waals surface area contributed by atoms with Crippen molar-refractivity contribution in [3.63, 3.8) is 0 Å². The molecule has 0 bridgehead atoms. The summed E-state index contributed by atoms with van der Waals surface area (Å²) < 4.78 is 4.68. The fourth-order valence-corrected chi connectivity index (χ4v) is 4.40. The topological polar surface area (TPSA) is 58.4 Å². The maximum Gasteiger partial charge on any atom is 0.322 e. The van der Waals surface area contributed by atoms with Gasteiger partial charge in [0.25, 0.3) is 0 Å². The van der Waals surface area contributed by atoms with Crippen molar-refractivity contribution in [2.75, 3.05) is 12.4 Å². The number of carbonyl (C=O) groups excluding carboxylic acids is 2. The highest BCUT2D eigenvalue weighted by Gasteiger charge is 2.49. The van der Waals surface area contributed by atoms with E-state index in [0.717, 1.165) is 50.6 Å². The highest BCUT2D eigenvalue weighted by atomic mass is 16.5. The molecule has 2 rings (SSSR count). The second-order valence-electron chi connectivity index (χ2n) is 8.78. The lowest BCUT2D eigenvalue weighted by atomic mass is 10.0. The Morgan fingerprint density at radius 1 is 0.839 bits per heavy atom. The zero-order chi connectivity index (χ0) is 22.3. The number of para-hydroxylation sites is 1. The molecule has 1 aromatic carbocycles. The minimum atomic E-state index is -0.115. The number of amides is 2. The number of benzene rings is 1. The highest BCUT2D eigenvalue weighted by Crippen LogP contribution is 2.37. The fourth-order valence-electron chi connectivity index (χ4n) is 4.40. The number of methoxy groups -OCH3 is 1. The van der Waals surface area contributed by atoms with Gasteiger partial charge in [-0.25, -0.2) is 4.79 Å². The number of nitrogens with zero attached hydrogens (tertiary/aromatic N) is 1. The van der Waals surface area contributed by atoms with Gasteiger partial charge in [-0.3, -0.25) is 4.79 Å². The summed E-state index contributed by atoms with van der Waals surface area (Å²) in [6.07, 6.45) is 15.9. The lowest BCUT2D eigenvalue weighted by Crippen LogP contribution is -2.22. The Kier molecular flexibility index (Phi) is 12.1. The number of anilines is 1. The zero-order valence-electron chi connectivity index (χ0n) is 19.6. The molecule has 1 aliphatic heterocycles. The summed E-state index contributed by atoms with van der Waals surface area (Å²) in [7, 11) is 1.44. The van der Waals surface area contributed by atoms with Crippen LogP contribution in [0.4, 0.5) is 10.5 Å². The van der Waals surface area contributed by atoms with Crippen LogP contribution < -0.4 is 5.32 Å². The van der Waals surface area contributed by atoms with Crippen molar-refractivity contribution >= 4 is 17.7 Å². The van der Waals surface area contributed by atoms with Crippen LogP contribution in [-0.4, -0.2) is 36.1 Å². The van der Waals surface area contributed by atoms with Crippen LogP contribution in [0.15, 0.2) is 30.3 Å². The minimum absolute atomic E-state index is 0.0465. The zero-order valence-corrected chi connectivity index (χ0v) is 19.6. The Balaban J connectivity index is 1.70. The predicted molar refractivity (Wildman–Crippen MR) is 127 cm³/mol. The number of esters is 1. The van der Waals surface area contributed by atoms with E-state index < -0.39 is 0 Å². The SMILES string of the molecule is CCCCCCCC[C@@H]1[C@H](CCCCCCCC(=O)OC)N1C(=O)Nc1ccccc1. The second kappa shape index (κ2) is 14.9. The molecule has 1 fully saturated rings. The Bertz CT molecular complexity index is 635. The molecule has 0 saturated carbocycles. The second-order valence-corrected chi connectivity index (χ2v) is 8.78. The normalized spacial score (nSPS) is 17.4. The first-order valence-corrected chi connectivity index (χ1v) is 12.4. The molecule has 0 spiro atoms. The third-order valence-corrected chi connectivity index (χ3v) is 6.29. The van der Waals surface area contributed by atoms with E-state index in [9.17, 15) is 9.59 Å². The molecule has 0 unspecified atom stereocenters. The fraction of sp³-hybridized carbons (Fsp3) is 0.692. The number of hydrogen-bond acceptors (Lipinski definition) is 3. The Morgan fingerprint density at radius 2 is 1.39 bits per heavy atom. The van der Waals surface area contributed by atoms with Crippen molar-refractivity contribution in [1.29, 1.82) is 0 Å². The summed E-state index contributed by atoms with van der Waals surface area (Å²) in [6, 6.07) is 10.6. The van der Waals surface area contributed by atoms with Crippen LogP contribution in [-0.2, 0) is 9.53 Å².